The zero-order valence-electron chi connectivity index (χ0n) is 22.5. The SMILES string of the molecule is C=CC[N+](CC=C)(CC=C)CC=C.O=S(=O)([O-])C(F)(F)C(F)(F)C(F)(F)C(F)(F)C(F)(F)C(F)CCCCCC(F)(F)F. The number of alkyl halides is 14. The number of rotatable bonds is 19. The molecule has 0 bridgehead atoms. The van der Waals surface area contributed by atoms with Crippen LogP contribution in [0.1, 0.15) is 32.1 Å². The van der Waals surface area contributed by atoms with Crippen LogP contribution in [0.2, 0.25) is 0 Å². The van der Waals surface area contributed by atoms with Crippen molar-refractivity contribution in [1.82, 2.24) is 0 Å². The van der Waals surface area contributed by atoms with Gasteiger partial charge in [-0.3, -0.25) is 0 Å². The topological polar surface area (TPSA) is 57.2 Å². The lowest BCUT2D eigenvalue weighted by Gasteiger charge is -2.40. The highest BCUT2D eigenvalue weighted by molar-refractivity contribution is 7.86. The average Bonchev–Trinajstić information content (AvgIpc) is 2.82. The van der Waals surface area contributed by atoms with Crippen LogP contribution in [0.3, 0.4) is 0 Å². The average molecular weight is 680 g/mol. The Morgan fingerprint density at radius 2 is 1.00 bits per heavy atom. The maximum atomic E-state index is 13.4. The highest BCUT2D eigenvalue weighted by Gasteiger charge is 2.88. The number of nitrogens with zero attached hydrogens (tertiary/aromatic N) is 1. The fourth-order valence-corrected chi connectivity index (χ4v) is 3.93. The molecular formula is C24H31F14NO3S. The summed E-state index contributed by atoms with van der Waals surface area (Å²) in [7, 11) is -7.78. The first-order valence-corrected chi connectivity index (χ1v) is 13.4. The van der Waals surface area contributed by atoms with Crippen LogP contribution in [-0.2, 0) is 10.1 Å². The molecule has 0 radical (unpaired) electrons. The molecule has 0 aliphatic heterocycles. The second-order valence-electron chi connectivity index (χ2n) is 9.23. The third kappa shape index (κ3) is 10.5. The van der Waals surface area contributed by atoms with Gasteiger partial charge in [-0.15, -0.1) is 0 Å². The molecule has 0 N–H and O–H groups in total. The Bertz CT molecular complexity index is 981. The fraction of sp³-hybridized carbons (Fsp3) is 0.667. The molecule has 0 aliphatic carbocycles. The van der Waals surface area contributed by atoms with Crippen molar-refractivity contribution in [2.24, 2.45) is 0 Å². The van der Waals surface area contributed by atoms with Gasteiger partial charge in [0.25, 0.3) is 0 Å². The Balaban J connectivity index is 0. The molecule has 0 aliphatic rings. The number of unbranched alkanes of at least 4 members (excludes halogenated alkanes) is 2. The van der Waals surface area contributed by atoms with E-state index in [0.717, 1.165) is 30.7 Å². The number of hydrogen-bond donors (Lipinski definition) is 0. The van der Waals surface area contributed by atoms with Gasteiger partial charge in [-0.25, -0.2) is 12.8 Å². The summed E-state index contributed by atoms with van der Waals surface area (Å²) in [6.07, 6.45) is -7.35. The zero-order chi connectivity index (χ0) is 34.8. The molecule has 19 heteroatoms. The molecule has 0 rings (SSSR count). The molecule has 254 valence electrons. The summed E-state index contributed by atoms with van der Waals surface area (Å²) < 4.78 is 212. The van der Waals surface area contributed by atoms with E-state index in [1.165, 1.54) is 0 Å². The first-order chi connectivity index (χ1) is 19.1. The Labute approximate surface area is 239 Å². The molecular weight excluding hydrogens is 648 g/mol. The summed E-state index contributed by atoms with van der Waals surface area (Å²) in [6.45, 7) is 18.8. The molecule has 1 unspecified atom stereocenters. The van der Waals surface area contributed by atoms with Crippen LogP contribution in [0.15, 0.2) is 50.6 Å². The normalized spacial score (nSPS) is 14.8. The molecule has 0 aromatic carbocycles. The van der Waals surface area contributed by atoms with E-state index < -0.39 is 83.5 Å². The molecule has 0 heterocycles. The molecule has 0 amide bonds. The third-order valence-electron chi connectivity index (χ3n) is 5.76. The molecule has 4 nitrogen and oxygen atoms in total. The van der Waals surface area contributed by atoms with Crippen LogP contribution in [-0.4, -0.2) is 84.9 Å². The maximum absolute atomic E-state index is 13.4. The Kier molecular flexibility index (Phi) is 15.7. The first-order valence-electron chi connectivity index (χ1n) is 12.0. The highest BCUT2D eigenvalue weighted by atomic mass is 32.2. The van der Waals surface area contributed by atoms with Gasteiger partial charge in [-0.1, -0.05) is 39.2 Å². The number of quaternary nitrogens is 1. The van der Waals surface area contributed by atoms with E-state index in [1.54, 1.807) is 0 Å². The Morgan fingerprint density at radius 1 is 0.628 bits per heavy atom. The van der Waals surface area contributed by atoms with Crippen molar-refractivity contribution in [1.29, 1.82) is 0 Å². The van der Waals surface area contributed by atoms with Gasteiger partial charge in [-0.05, 0) is 37.1 Å². The van der Waals surface area contributed by atoms with Gasteiger partial charge in [0.1, 0.15) is 0 Å². The van der Waals surface area contributed by atoms with E-state index in [2.05, 4.69) is 26.3 Å². The molecule has 0 aromatic heterocycles. The quantitative estimate of drug-likeness (QED) is 0.0457. The first kappa shape index (κ1) is 43.0. The predicted molar refractivity (Wildman–Crippen MR) is 129 cm³/mol. The highest BCUT2D eigenvalue weighted by Crippen LogP contribution is 2.59. The zero-order valence-corrected chi connectivity index (χ0v) is 23.3. The van der Waals surface area contributed by atoms with Crippen molar-refractivity contribution in [3.05, 3.63) is 50.6 Å². The van der Waals surface area contributed by atoms with Crippen molar-refractivity contribution in [2.75, 3.05) is 26.2 Å². The molecule has 0 saturated carbocycles. The Hall–Kier alpha value is -2.15. The van der Waals surface area contributed by atoms with Crippen LogP contribution in [0.25, 0.3) is 0 Å². The van der Waals surface area contributed by atoms with Crippen LogP contribution in [0, 0.1) is 0 Å². The van der Waals surface area contributed by atoms with Crippen LogP contribution < -0.4 is 0 Å². The lowest BCUT2D eigenvalue weighted by molar-refractivity contribution is -0.906. The van der Waals surface area contributed by atoms with Crippen molar-refractivity contribution in [2.45, 2.75) is 73.4 Å². The van der Waals surface area contributed by atoms with E-state index in [9.17, 15) is 74.4 Å². The molecule has 0 spiro atoms. The number of hydrogen-bond acceptors (Lipinski definition) is 3. The fourth-order valence-electron chi connectivity index (χ4n) is 3.49. The van der Waals surface area contributed by atoms with Crippen molar-refractivity contribution in [3.63, 3.8) is 0 Å². The molecule has 43 heavy (non-hydrogen) atoms. The largest absolute Gasteiger partial charge is 0.743 e. The van der Waals surface area contributed by atoms with Crippen LogP contribution >= 0.6 is 0 Å². The summed E-state index contributed by atoms with van der Waals surface area (Å²) in [5.74, 6) is -30.3. The van der Waals surface area contributed by atoms with Gasteiger partial charge in [0.15, 0.2) is 16.3 Å². The maximum Gasteiger partial charge on any atom is 0.402 e. The summed E-state index contributed by atoms with van der Waals surface area (Å²) >= 11 is 0. The Morgan fingerprint density at radius 3 is 1.30 bits per heavy atom. The lowest BCUT2D eigenvalue weighted by atomic mass is 9.93. The molecule has 0 saturated heterocycles. The predicted octanol–water partition coefficient (Wildman–Crippen LogP) is 8.06. The van der Waals surface area contributed by atoms with Gasteiger partial charge in [0.05, 0.1) is 26.2 Å². The summed E-state index contributed by atoms with van der Waals surface area (Å²) in [5.41, 5.74) is 0. The minimum Gasteiger partial charge on any atom is -0.743 e. The van der Waals surface area contributed by atoms with Gasteiger partial charge in [0.2, 0.25) is 0 Å². The van der Waals surface area contributed by atoms with Gasteiger partial charge in [-0.2, -0.15) is 57.1 Å². The summed E-state index contributed by atoms with van der Waals surface area (Å²) in [6, 6.07) is 0. The standard InChI is InChI=1S/C12H12F14O3S.C12H20N/c13-6(4-2-1-3-5-7(14,15)16)8(17,18)9(19,20)10(21,22)11(23,24)12(25,26)30(27,28)29;1-5-9-13(10-6-2,11-7-3)12-8-4/h6H,1-5H2,(H,27,28,29);5-8H,1-4,9-12H2/q;+1/p-1. The minimum absolute atomic E-state index is 0.735. The molecule has 0 aromatic rings. The van der Waals surface area contributed by atoms with E-state index >= 15 is 0 Å². The summed E-state index contributed by atoms with van der Waals surface area (Å²) in [4.78, 5) is 0. The summed E-state index contributed by atoms with van der Waals surface area (Å²) in [5, 5.41) is -7.49. The second-order valence-corrected chi connectivity index (χ2v) is 10.6. The second kappa shape index (κ2) is 15.7. The monoisotopic (exact) mass is 679 g/mol. The number of halogens is 14. The van der Waals surface area contributed by atoms with Crippen LogP contribution in [0.4, 0.5) is 61.5 Å². The smallest absolute Gasteiger partial charge is 0.402 e. The van der Waals surface area contributed by atoms with E-state index in [0.29, 0.717) is 0 Å². The van der Waals surface area contributed by atoms with Gasteiger partial charge in [0, 0.05) is 6.42 Å². The van der Waals surface area contributed by atoms with E-state index in [-0.39, 0.29) is 0 Å². The molecule has 1 atom stereocenters. The van der Waals surface area contributed by atoms with Crippen LogP contribution in [0.5, 0.6) is 0 Å². The van der Waals surface area contributed by atoms with E-state index in [4.69, 9.17) is 0 Å². The van der Waals surface area contributed by atoms with E-state index in [1.807, 2.05) is 24.3 Å². The van der Waals surface area contributed by atoms with Crippen molar-refractivity contribution < 1.29 is 78.9 Å². The minimum atomic E-state index is -7.95. The van der Waals surface area contributed by atoms with Crippen molar-refractivity contribution >= 4 is 10.1 Å². The van der Waals surface area contributed by atoms with Crippen molar-refractivity contribution in [3.8, 4) is 0 Å². The van der Waals surface area contributed by atoms with Gasteiger partial charge < -0.3 is 9.04 Å². The van der Waals surface area contributed by atoms with Gasteiger partial charge >= 0.3 is 35.1 Å². The third-order valence-corrected chi connectivity index (χ3v) is 6.65. The molecule has 0 fully saturated rings. The lowest BCUT2D eigenvalue weighted by Crippen LogP contribution is -2.70.